The fourth-order valence-electron chi connectivity index (χ4n) is 2.94. The lowest BCUT2D eigenvalue weighted by Gasteiger charge is -2.42. The molecule has 2 aliphatic rings. The Hall–Kier alpha value is -0.130. The van der Waals surface area contributed by atoms with Crippen LogP contribution in [0.5, 0.6) is 0 Å². The zero-order chi connectivity index (χ0) is 10.9. The van der Waals surface area contributed by atoms with E-state index in [-0.39, 0.29) is 5.54 Å². The Morgan fingerprint density at radius 2 is 1.80 bits per heavy atom. The van der Waals surface area contributed by atoms with Crippen LogP contribution in [-0.2, 0) is 10.0 Å². The van der Waals surface area contributed by atoms with E-state index < -0.39 is 10.0 Å². The van der Waals surface area contributed by atoms with Crippen LogP contribution in [0.3, 0.4) is 0 Å². The van der Waals surface area contributed by atoms with E-state index in [9.17, 15) is 8.42 Å². The molecule has 2 N–H and O–H groups in total. The molecule has 1 aliphatic heterocycles. The van der Waals surface area contributed by atoms with Crippen LogP contribution in [0.15, 0.2) is 0 Å². The summed E-state index contributed by atoms with van der Waals surface area (Å²) in [5.74, 6) is 0.314. The second kappa shape index (κ2) is 4.03. The summed E-state index contributed by atoms with van der Waals surface area (Å²) in [5.41, 5.74) is 5.59. The Morgan fingerprint density at radius 3 is 2.27 bits per heavy atom. The molecule has 0 unspecified atom stereocenters. The fraction of sp³-hybridized carbons (Fsp3) is 1.00. The molecule has 15 heavy (non-hydrogen) atoms. The van der Waals surface area contributed by atoms with Crippen molar-refractivity contribution >= 4 is 10.0 Å². The Kier molecular flexibility index (Phi) is 3.05. The number of sulfonamides is 1. The van der Waals surface area contributed by atoms with Gasteiger partial charge >= 0.3 is 0 Å². The van der Waals surface area contributed by atoms with Gasteiger partial charge in [0.15, 0.2) is 0 Å². The second-order valence-corrected chi connectivity index (χ2v) is 6.74. The fourth-order valence-corrected chi connectivity index (χ4v) is 4.91. The van der Waals surface area contributed by atoms with Crippen molar-refractivity contribution in [3.8, 4) is 0 Å². The van der Waals surface area contributed by atoms with Crippen molar-refractivity contribution in [2.45, 2.75) is 44.1 Å². The number of nitrogens with zero attached hydrogens (tertiary/aromatic N) is 1. The molecule has 88 valence electrons. The van der Waals surface area contributed by atoms with Gasteiger partial charge in [-0.3, -0.25) is 0 Å². The van der Waals surface area contributed by atoms with Gasteiger partial charge < -0.3 is 5.73 Å². The van der Waals surface area contributed by atoms with Crippen molar-refractivity contribution in [1.29, 1.82) is 0 Å². The number of hydrogen-bond acceptors (Lipinski definition) is 3. The summed E-state index contributed by atoms with van der Waals surface area (Å²) in [6.45, 7) is 1.16. The topological polar surface area (TPSA) is 63.4 Å². The molecule has 0 spiro atoms. The maximum Gasteiger partial charge on any atom is 0.214 e. The molecule has 1 aliphatic carbocycles. The van der Waals surface area contributed by atoms with E-state index in [2.05, 4.69) is 0 Å². The Morgan fingerprint density at radius 1 is 1.13 bits per heavy atom. The molecule has 1 heterocycles. The zero-order valence-corrected chi connectivity index (χ0v) is 9.93. The standard InChI is InChI=1S/C10H20N2O2S/c11-9-10(5-2-1-3-6-10)12-7-4-8-15(12,13)14/h1-9,11H2. The third kappa shape index (κ3) is 1.92. The third-order valence-electron chi connectivity index (χ3n) is 3.79. The smallest absolute Gasteiger partial charge is 0.214 e. The van der Waals surface area contributed by atoms with E-state index in [1.54, 1.807) is 4.31 Å². The van der Waals surface area contributed by atoms with Crippen LogP contribution in [0.1, 0.15) is 38.5 Å². The van der Waals surface area contributed by atoms with Gasteiger partial charge in [0.1, 0.15) is 0 Å². The van der Waals surface area contributed by atoms with Crippen LogP contribution in [0.4, 0.5) is 0 Å². The molecule has 0 aromatic rings. The number of rotatable bonds is 2. The normalized spacial score (nSPS) is 30.5. The summed E-state index contributed by atoms with van der Waals surface area (Å²) in [6.07, 6.45) is 6.11. The maximum atomic E-state index is 11.9. The predicted molar refractivity (Wildman–Crippen MR) is 60.0 cm³/mol. The van der Waals surface area contributed by atoms with Crippen LogP contribution in [0.25, 0.3) is 0 Å². The molecule has 1 saturated heterocycles. The van der Waals surface area contributed by atoms with Crippen molar-refractivity contribution in [2.75, 3.05) is 18.8 Å². The highest BCUT2D eigenvalue weighted by Crippen LogP contribution is 2.36. The van der Waals surface area contributed by atoms with Crippen molar-refractivity contribution < 1.29 is 8.42 Å². The van der Waals surface area contributed by atoms with Gasteiger partial charge in [0.05, 0.1) is 5.75 Å². The molecule has 1 saturated carbocycles. The molecule has 0 radical (unpaired) electrons. The lowest BCUT2D eigenvalue weighted by Crippen LogP contribution is -2.55. The SMILES string of the molecule is NCC1(N2CCCS2(=O)=O)CCCCC1. The highest BCUT2D eigenvalue weighted by atomic mass is 32.2. The predicted octanol–water partition coefficient (Wildman–Crippen LogP) is 0.683. The summed E-state index contributed by atoms with van der Waals surface area (Å²) in [5, 5.41) is 0. The Labute approximate surface area is 91.9 Å². The molecule has 0 bridgehead atoms. The highest BCUT2D eigenvalue weighted by Gasteiger charge is 2.45. The molecule has 2 rings (SSSR count). The first-order chi connectivity index (χ1) is 7.11. The zero-order valence-electron chi connectivity index (χ0n) is 9.11. The van der Waals surface area contributed by atoms with Gasteiger partial charge in [0.2, 0.25) is 10.0 Å². The summed E-state index contributed by atoms with van der Waals surface area (Å²) < 4.78 is 25.5. The first-order valence-electron chi connectivity index (χ1n) is 5.81. The van der Waals surface area contributed by atoms with Crippen LogP contribution < -0.4 is 5.73 Å². The van der Waals surface area contributed by atoms with E-state index in [0.717, 1.165) is 32.1 Å². The van der Waals surface area contributed by atoms with Gasteiger partial charge in [-0.25, -0.2) is 8.42 Å². The maximum absolute atomic E-state index is 11.9. The van der Waals surface area contributed by atoms with Gasteiger partial charge in [0, 0.05) is 18.6 Å². The van der Waals surface area contributed by atoms with E-state index >= 15 is 0 Å². The van der Waals surface area contributed by atoms with Gasteiger partial charge in [0.25, 0.3) is 0 Å². The minimum absolute atomic E-state index is 0.242. The minimum atomic E-state index is -3.00. The van der Waals surface area contributed by atoms with Crippen LogP contribution in [0, 0.1) is 0 Å². The Balaban J connectivity index is 2.25. The van der Waals surface area contributed by atoms with Gasteiger partial charge in [-0.1, -0.05) is 19.3 Å². The number of nitrogens with two attached hydrogens (primary N) is 1. The number of hydrogen-bond donors (Lipinski definition) is 1. The molecule has 0 amide bonds. The largest absolute Gasteiger partial charge is 0.329 e. The molecule has 4 nitrogen and oxygen atoms in total. The average Bonchev–Trinajstić information content (AvgIpc) is 2.60. The quantitative estimate of drug-likeness (QED) is 0.761. The van der Waals surface area contributed by atoms with E-state index in [0.29, 0.717) is 18.8 Å². The summed E-state index contributed by atoms with van der Waals surface area (Å²) in [7, 11) is -3.00. The molecule has 0 atom stereocenters. The lowest BCUT2D eigenvalue weighted by atomic mass is 9.81. The van der Waals surface area contributed by atoms with Gasteiger partial charge in [-0.2, -0.15) is 4.31 Å². The molecular weight excluding hydrogens is 212 g/mol. The highest BCUT2D eigenvalue weighted by molar-refractivity contribution is 7.89. The van der Waals surface area contributed by atoms with Crippen LogP contribution in [0.2, 0.25) is 0 Å². The lowest BCUT2D eigenvalue weighted by molar-refractivity contribution is 0.145. The molecule has 0 aromatic carbocycles. The average molecular weight is 232 g/mol. The summed E-state index contributed by atoms with van der Waals surface area (Å²) in [4.78, 5) is 0. The van der Waals surface area contributed by atoms with Crippen LogP contribution >= 0.6 is 0 Å². The van der Waals surface area contributed by atoms with Crippen molar-refractivity contribution in [3.05, 3.63) is 0 Å². The third-order valence-corrected chi connectivity index (χ3v) is 5.84. The molecular formula is C10H20N2O2S. The minimum Gasteiger partial charge on any atom is -0.329 e. The first-order valence-corrected chi connectivity index (χ1v) is 7.42. The van der Waals surface area contributed by atoms with Gasteiger partial charge in [-0.05, 0) is 19.3 Å². The van der Waals surface area contributed by atoms with E-state index in [4.69, 9.17) is 5.73 Å². The summed E-state index contributed by atoms with van der Waals surface area (Å²) >= 11 is 0. The van der Waals surface area contributed by atoms with E-state index in [1.165, 1.54) is 6.42 Å². The molecule has 5 heteroatoms. The monoisotopic (exact) mass is 232 g/mol. The Bertz CT molecular complexity index is 320. The van der Waals surface area contributed by atoms with Crippen LogP contribution in [-0.4, -0.2) is 37.1 Å². The van der Waals surface area contributed by atoms with Crippen molar-refractivity contribution in [2.24, 2.45) is 5.73 Å². The van der Waals surface area contributed by atoms with Gasteiger partial charge in [-0.15, -0.1) is 0 Å². The van der Waals surface area contributed by atoms with Crippen molar-refractivity contribution in [1.82, 2.24) is 4.31 Å². The molecule has 0 aromatic heterocycles. The second-order valence-electron chi connectivity index (χ2n) is 4.73. The molecule has 2 fully saturated rings. The van der Waals surface area contributed by atoms with E-state index in [1.807, 2.05) is 0 Å². The first kappa shape index (κ1) is 11.4. The summed E-state index contributed by atoms with van der Waals surface area (Å²) in [6, 6.07) is 0. The van der Waals surface area contributed by atoms with Crippen molar-refractivity contribution in [3.63, 3.8) is 0 Å².